The molecule has 1 saturated heterocycles. The SMILES string of the molecule is CCc1cc(Br)cc(CC)c1NC(=O)C1CCN(S(=O)(=O)CC)CC1. The molecule has 0 radical (unpaired) electrons. The Hall–Kier alpha value is -0.920. The summed E-state index contributed by atoms with van der Waals surface area (Å²) in [5, 5.41) is 3.12. The Bertz CT molecular complexity index is 701. The van der Waals surface area contributed by atoms with Crippen LogP contribution in [0, 0.1) is 5.92 Å². The topological polar surface area (TPSA) is 66.5 Å². The highest BCUT2D eigenvalue weighted by atomic mass is 79.9. The van der Waals surface area contributed by atoms with Crippen LogP contribution in [0.4, 0.5) is 5.69 Å². The Morgan fingerprint density at radius 3 is 2.12 bits per heavy atom. The summed E-state index contributed by atoms with van der Waals surface area (Å²) < 4.78 is 26.4. The highest BCUT2D eigenvalue weighted by Crippen LogP contribution is 2.29. The van der Waals surface area contributed by atoms with Gasteiger partial charge in [0.25, 0.3) is 0 Å². The first-order valence-corrected chi connectivity index (χ1v) is 11.3. The Labute approximate surface area is 159 Å². The van der Waals surface area contributed by atoms with Crippen LogP contribution in [0.2, 0.25) is 0 Å². The number of sulfonamides is 1. The van der Waals surface area contributed by atoms with Gasteiger partial charge in [-0.15, -0.1) is 0 Å². The van der Waals surface area contributed by atoms with Gasteiger partial charge in [-0.2, -0.15) is 0 Å². The average Bonchev–Trinajstić information content (AvgIpc) is 2.62. The minimum absolute atomic E-state index is 0.000249. The van der Waals surface area contributed by atoms with Gasteiger partial charge in [-0.1, -0.05) is 29.8 Å². The summed E-state index contributed by atoms with van der Waals surface area (Å²) in [4.78, 5) is 12.7. The largest absolute Gasteiger partial charge is 0.325 e. The van der Waals surface area contributed by atoms with Gasteiger partial charge in [0, 0.05) is 29.2 Å². The molecule has 1 N–H and O–H groups in total. The lowest BCUT2D eigenvalue weighted by Gasteiger charge is -2.30. The predicted octanol–water partition coefficient (Wildman–Crippen LogP) is 3.57. The van der Waals surface area contributed by atoms with Crippen molar-refractivity contribution in [2.75, 3.05) is 24.2 Å². The molecular weight excluding hydrogens is 404 g/mol. The van der Waals surface area contributed by atoms with E-state index in [2.05, 4.69) is 35.1 Å². The van der Waals surface area contributed by atoms with Crippen LogP contribution >= 0.6 is 15.9 Å². The summed E-state index contributed by atoms with van der Waals surface area (Å²) >= 11 is 3.53. The third-order valence-corrected chi connectivity index (χ3v) is 7.20. The van der Waals surface area contributed by atoms with Crippen LogP contribution in [0.15, 0.2) is 16.6 Å². The molecule has 1 aliphatic rings. The molecule has 1 aliphatic heterocycles. The highest BCUT2D eigenvalue weighted by molar-refractivity contribution is 9.10. The molecule has 0 saturated carbocycles. The number of carbonyl (C=O) groups is 1. The third kappa shape index (κ3) is 4.83. The van der Waals surface area contributed by atoms with Crippen molar-refractivity contribution in [1.82, 2.24) is 4.31 Å². The zero-order chi connectivity index (χ0) is 18.6. The van der Waals surface area contributed by atoms with Crippen molar-refractivity contribution in [3.8, 4) is 0 Å². The molecule has 5 nitrogen and oxygen atoms in total. The van der Waals surface area contributed by atoms with E-state index in [-0.39, 0.29) is 17.6 Å². The first-order valence-electron chi connectivity index (χ1n) is 8.92. The molecule has 0 atom stereocenters. The van der Waals surface area contributed by atoms with Crippen molar-refractivity contribution in [3.63, 3.8) is 0 Å². The molecule has 7 heteroatoms. The number of halogens is 1. The first kappa shape index (κ1) is 20.4. The van der Waals surface area contributed by atoms with Crippen molar-refractivity contribution >= 4 is 37.5 Å². The van der Waals surface area contributed by atoms with E-state index in [1.807, 2.05) is 12.1 Å². The van der Waals surface area contributed by atoms with Gasteiger partial charge < -0.3 is 5.32 Å². The molecule has 2 rings (SSSR count). The predicted molar refractivity (Wildman–Crippen MR) is 105 cm³/mol. The van der Waals surface area contributed by atoms with Crippen LogP contribution in [0.5, 0.6) is 0 Å². The lowest BCUT2D eigenvalue weighted by atomic mass is 9.96. The summed E-state index contributed by atoms with van der Waals surface area (Å²) in [6, 6.07) is 4.09. The maximum absolute atomic E-state index is 12.7. The Balaban J connectivity index is 2.09. The van der Waals surface area contributed by atoms with Gasteiger partial charge in [0.15, 0.2) is 0 Å². The number of amides is 1. The van der Waals surface area contributed by atoms with Crippen molar-refractivity contribution in [2.24, 2.45) is 5.92 Å². The number of nitrogens with zero attached hydrogens (tertiary/aromatic N) is 1. The molecule has 25 heavy (non-hydrogen) atoms. The third-order valence-electron chi connectivity index (χ3n) is 4.86. The highest BCUT2D eigenvalue weighted by Gasteiger charge is 2.30. The van der Waals surface area contributed by atoms with Gasteiger partial charge in [-0.3, -0.25) is 4.79 Å². The average molecular weight is 431 g/mol. The van der Waals surface area contributed by atoms with E-state index in [1.165, 1.54) is 4.31 Å². The van der Waals surface area contributed by atoms with Gasteiger partial charge in [0.1, 0.15) is 0 Å². The molecule has 1 fully saturated rings. The Kier molecular flexibility index (Phi) is 7.05. The number of piperidine rings is 1. The summed E-state index contributed by atoms with van der Waals surface area (Å²) in [7, 11) is -3.16. The number of aryl methyl sites for hydroxylation is 2. The van der Waals surface area contributed by atoms with Crippen molar-refractivity contribution in [1.29, 1.82) is 0 Å². The molecule has 140 valence electrons. The number of benzene rings is 1. The maximum atomic E-state index is 12.7. The standard InChI is InChI=1S/C18H27BrN2O3S/c1-4-13-11-16(19)12-14(5-2)17(13)20-18(22)15-7-9-21(10-8-15)25(23,24)6-3/h11-12,15H,4-10H2,1-3H3,(H,20,22). The summed E-state index contributed by atoms with van der Waals surface area (Å²) in [5.41, 5.74) is 3.15. The molecule has 0 aromatic heterocycles. The second kappa shape index (κ2) is 8.64. The van der Waals surface area contributed by atoms with Crippen LogP contribution in [-0.2, 0) is 27.7 Å². The van der Waals surface area contributed by atoms with E-state index >= 15 is 0 Å². The molecule has 0 bridgehead atoms. The molecule has 1 amide bonds. The van der Waals surface area contributed by atoms with E-state index in [4.69, 9.17) is 0 Å². The van der Waals surface area contributed by atoms with Gasteiger partial charge in [0.2, 0.25) is 15.9 Å². The molecule has 0 unspecified atom stereocenters. The summed E-state index contributed by atoms with van der Waals surface area (Å²) in [5.74, 6) is -0.0238. The van der Waals surface area contributed by atoms with E-state index < -0.39 is 10.0 Å². The Morgan fingerprint density at radius 1 is 1.16 bits per heavy atom. The van der Waals surface area contributed by atoms with Crippen molar-refractivity contribution < 1.29 is 13.2 Å². The van der Waals surface area contributed by atoms with E-state index in [1.54, 1.807) is 6.92 Å². The van der Waals surface area contributed by atoms with Gasteiger partial charge in [-0.05, 0) is 55.9 Å². The minimum Gasteiger partial charge on any atom is -0.325 e. The van der Waals surface area contributed by atoms with Crippen LogP contribution in [0.1, 0.15) is 44.7 Å². The minimum atomic E-state index is -3.16. The number of rotatable bonds is 6. The Morgan fingerprint density at radius 2 is 1.68 bits per heavy atom. The fourth-order valence-electron chi connectivity index (χ4n) is 3.25. The second-order valence-electron chi connectivity index (χ2n) is 6.37. The van der Waals surface area contributed by atoms with E-state index in [0.717, 1.165) is 34.1 Å². The van der Waals surface area contributed by atoms with E-state index in [9.17, 15) is 13.2 Å². The number of hydrogen-bond acceptors (Lipinski definition) is 3. The fourth-order valence-corrected chi connectivity index (χ4v) is 4.93. The lowest BCUT2D eigenvalue weighted by Crippen LogP contribution is -2.42. The normalized spacial score (nSPS) is 16.8. The monoisotopic (exact) mass is 430 g/mol. The summed E-state index contributed by atoms with van der Waals surface area (Å²) in [6.45, 7) is 6.65. The summed E-state index contributed by atoms with van der Waals surface area (Å²) in [6.07, 6.45) is 2.83. The number of carbonyl (C=O) groups excluding carboxylic acids is 1. The molecule has 1 aromatic rings. The molecule has 0 spiro atoms. The molecular formula is C18H27BrN2O3S. The van der Waals surface area contributed by atoms with Crippen molar-refractivity contribution in [3.05, 3.63) is 27.7 Å². The van der Waals surface area contributed by atoms with E-state index in [0.29, 0.717) is 25.9 Å². The van der Waals surface area contributed by atoms with Crippen LogP contribution in [0.25, 0.3) is 0 Å². The van der Waals surface area contributed by atoms with Crippen LogP contribution in [0.3, 0.4) is 0 Å². The van der Waals surface area contributed by atoms with Crippen LogP contribution < -0.4 is 5.32 Å². The maximum Gasteiger partial charge on any atom is 0.227 e. The lowest BCUT2D eigenvalue weighted by molar-refractivity contribution is -0.120. The van der Waals surface area contributed by atoms with Crippen LogP contribution in [-0.4, -0.2) is 37.5 Å². The van der Waals surface area contributed by atoms with Gasteiger partial charge in [-0.25, -0.2) is 12.7 Å². The molecule has 1 heterocycles. The van der Waals surface area contributed by atoms with Gasteiger partial charge >= 0.3 is 0 Å². The smallest absolute Gasteiger partial charge is 0.227 e. The molecule has 1 aromatic carbocycles. The zero-order valence-electron chi connectivity index (χ0n) is 15.1. The van der Waals surface area contributed by atoms with Crippen molar-refractivity contribution in [2.45, 2.75) is 46.5 Å². The number of hydrogen-bond donors (Lipinski definition) is 1. The quantitative estimate of drug-likeness (QED) is 0.749. The van der Waals surface area contributed by atoms with Gasteiger partial charge in [0.05, 0.1) is 5.75 Å². The zero-order valence-corrected chi connectivity index (χ0v) is 17.5. The molecule has 0 aliphatic carbocycles. The number of anilines is 1. The number of nitrogens with one attached hydrogen (secondary N) is 1. The fraction of sp³-hybridized carbons (Fsp3) is 0.611. The first-order chi connectivity index (χ1) is 11.8. The second-order valence-corrected chi connectivity index (χ2v) is 9.54.